The summed E-state index contributed by atoms with van der Waals surface area (Å²) < 4.78 is 0. The Morgan fingerprint density at radius 1 is 1.19 bits per heavy atom. The van der Waals surface area contributed by atoms with E-state index in [0.29, 0.717) is 11.7 Å². The van der Waals surface area contributed by atoms with Gasteiger partial charge in [0.2, 0.25) is 0 Å². The van der Waals surface area contributed by atoms with E-state index in [9.17, 15) is 0 Å². The highest BCUT2D eigenvalue weighted by molar-refractivity contribution is 7.99. The minimum absolute atomic E-state index is 0.405. The lowest BCUT2D eigenvalue weighted by molar-refractivity contribution is 0.576. The fraction of sp³-hybridized carbons (Fsp3) is 0.267. The quantitative estimate of drug-likeness (QED) is 0.708. The van der Waals surface area contributed by atoms with Crippen molar-refractivity contribution in [3.05, 3.63) is 42.5 Å². The molecule has 3 rings (SSSR count). The molecule has 2 aromatic heterocycles. The molecule has 0 radical (unpaired) electrons. The number of H-pyrrole nitrogens is 1. The van der Waals surface area contributed by atoms with Gasteiger partial charge in [-0.1, -0.05) is 30.8 Å². The predicted octanol–water partition coefficient (Wildman–Crippen LogP) is 3.17. The third kappa shape index (κ3) is 2.91. The van der Waals surface area contributed by atoms with Crippen LogP contribution >= 0.6 is 11.8 Å². The van der Waals surface area contributed by atoms with Crippen molar-refractivity contribution in [1.82, 2.24) is 25.3 Å². The Balaban J connectivity index is 1.83. The zero-order valence-corrected chi connectivity index (χ0v) is 12.8. The number of benzene rings is 1. The summed E-state index contributed by atoms with van der Waals surface area (Å²) in [6.45, 7) is 2.18. The molecular weight excluding hydrogens is 282 g/mol. The molecular formula is C15H17N5S. The highest BCUT2D eigenvalue weighted by Gasteiger charge is 2.09. The Kier molecular flexibility index (Phi) is 4.17. The summed E-state index contributed by atoms with van der Waals surface area (Å²) in [5.41, 5.74) is 2.89. The van der Waals surface area contributed by atoms with E-state index in [1.165, 1.54) is 5.56 Å². The fourth-order valence-electron chi connectivity index (χ4n) is 2.31. The lowest BCUT2D eigenvalue weighted by atomic mass is 10.1. The van der Waals surface area contributed by atoms with E-state index >= 15 is 0 Å². The number of fused-ring (bicyclic) bond motifs is 1. The molecule has 6 heteroatoms. The molecule has 3 aromatic rings. The molecule has 2 heterocycles. The summed E-state index contributed by atoms with van der Waals surface area (Å²) in [4.78, 5) is 16.9. The Morgan fingerprint density at radius 2 is 2.00 bits per heavy atom. The Labute approximate surface area is 127 Å². The van der Waals surface area contributed by atoms with E-state index in [1.54, 1.807) is 24.4 Å². The third-order valence-electron chi connectivity index (χ3n) is 3.44. The molecule has 0 saturated heterocycles. The van der Waals surface area contributed by atoms with Crippen molar-refractivity contribution in [1.29, 1.82) is 0 Å². The fourth-order valence-corrected chi connectivity index (χ4v) is 3.15. The van der Waals surface area contributed by atoms with Crippen LogP contribution in [0.2, 0.25) is 0 Å². The highest BCUT2D eigenvalue weighted by Crippen LogP contribution is 2.30. The van der Waals surface area contributed by atoms with Gasteiger partial charge in [0.1, 0.15) is 16.9 Å². The Bertz CT molecular complexity index is 718. The average Bonchev–Trinajstić information content (AvgIpc) is 3.00. The summed E-state index contributed by atoms with van der Waals surface area (Å²) in [6.07, 6.45) is 4.27. The maximum atomic E-state index is 4.33. The van der Waals surface area contributed by atoms with E-state index in [-0.39, 0.29) is 0 Å². The highest BCUT2D eigenvalue weighted by atomic mass is 32.2. The topological polar surface area (TPSA) is 66.5 Å². The summed E-state index contributed by atoms with van der Waals surface area (Å²) in [7, 11) is 1.99. The van der Waals surface area contributed by atoms with Gasteiger partial charge < -0.3 is 10.3 Å². The van der Waals surface area contributed by atoms with Crippen LogP contribution in [0.3, 0.4) is 0 Å². The second-order valence-electron chi connectivity index (χ2n) is 4.70. The summed E-state index contributed by atoms with van der Waals surface area (Å²) in [5.74, 6) is 0. The van der Waals surface area contributed by atoms with Crippen molar-refractivity contribution in [3.8, 4) is 0 Å². The van der Waals surface area contributed by atoms with Gasteiger partial charge in [-0.2, -0.15) is 0 Å². The van der Waals surface area contributed by atoms with E-state index in [2.05, 4.69) is 56.4 Å². The first-order valence-corrected chi connectivity index (χ1v) is 7.72. The normalized spacial score (nSPS) is 12.7. The number of aromatic amines is 1. The second-order valence-corrected chi connectivity index (χ2v) is 5.76. The smallest absolute Gasteiger partial charge is 0.181 e. The monoisotopic (exact) mass is 299 g/mol. The van der Waals surface area contributed by atoms with Gasteiger partial charge in [0.05, 0.1) is 6.33 Å². The predicted molar refractivity (Wildman–Crippen MR) is 84.3 cm³/mol. The molecule has 1 unspecified atom stereocenters. The Hall–Kier alpha value is -1.92. The van der Waals surface area contributed by atoms with Crippen molar-refractivity contribution in [2.45, 2.75) is 29.3 Å². The number of nitrogens with one attached hydrogen (secondary N) is 2. The first kappa shape index (κ1) is 14.0. The maximum absolute atomic E-state index is 4.33. The van der Waals surface area contributed by atoms with Crippen LogP contribution in [0, 0.1) is 0 Å². The van der Waals surface area contributed by atoms with Crippen LogP contribution in [0.4, 0.5) is 0 Å². The van der Waals surface area contributed by atoms with Crippen molar-refractivity contribution in [2.24, 2.45) is 0 Å². The molecule has 0 bridgehead atoms. The zero-order valence-electron chi connectivity index (χ0n) is 12.0. The standard InChI is InChI=1S/C15H17N5S/c1-3-12(16-2)10-4-6-11(7-5-10)21-15-13-14(18-8-17-13)19-9-20-15/h4-9,12,16H,3H2,1-2H3,(H,17,18,19,20). The first-order valence-electron chi connectivity index (χ1n) is 6.91. The summed E-state index contributed by atoms with van der Waals surface area (Å²) in [5, 5.41) is 4.21. The van der Waals surface area contributed by atoms with Gasteiger partial charge in [-0.25, -0.2) is 15.0 Å². The number of nitrogens with zero attached hydrogens (tertiary/aromatic N) is 3. The third-order valence-corrected chi connectivity index (χ3v) is 4.45. The lowest BCUT2D eigenvalue weighted by Crippen LogP contribution is -2.14. The summed E-state index contributed by atoms with van der Waals surface area (Å²) in [6, 6.07) is 8.99. The molecule has 1 atom stereocenters. The number of hydrogen-bond donors (Lipinski definition) is 2. The molecule has 0 aliphatic heterocycles. The van der Waals surface area contributed by atoms with E-state index in [0.717, 1.165) is 21.9 Å². The van der Waals surface area contributed by atoms with Gasteiger partial charge >= 0.3 is 0 Å². The van der Waals surface area contributed by atoms with Crippen LogP contribution < -0.4 is 5.32 Å². The van der Waals surface area contributed by atoms with Crippen LogP contribution in [0.5, 0.6) is 0 Å². The van der Waals surface area contributed by atoms with Gasteiger partial charge in [-0.3, -0.25) is 0 Å². The molecule has 0 spiro atoms. The van der Waals surface area contributed by atoms with Gasteiger partial charge in [-0.05, 0) is 31.2 Å². The average molecular weight is 299 g/mol. The van der Waals surface area contributed by atoms with E-state index < -0.39 is 0 Å². The SMILES string of the molecule is CCC(NC)c1ccc(Sc2ncnc3nc[nH]c23)cc1. The van der Waals surface area contributed by atoms with E-state index in [4.69, 9.17) is 0 Å². The molecule has 1 aromatic carbocycles. The van der Waals surface area contributed by atoms with Crippen molar-refractivity contribution >= 4 is 22.9 Å². The summed E-state index contributed by atoms with van der Waals surface area (Å²) >= 11 is 1.61. The van der Waals surface area contributed by atoms with E-state index in [1.807, 2.05) is 7.05 Å². The zero-order chi connectivity index (χ0) is 14.7. The number of imidazole rings is 1. The number of aromatic nitrogens is 4. The lowest BCUT2D eigenvalue weighted by Gasteiger charge is -2.14. The number of hydrogen-bond acceptors (Lipinski definition) is 5. The van der Waals surface area contributed by atoms with Gasteiger partial charge in [0.25, 0.3) is 0 Å². The van der Waals surface area contributed by atoms with Crippen molar-refractivity contribution in [2.75, 3.05) is 7.05 Å². The van der Waals surface area contributed by atoms with Crippen molar-refractivity contribution in [3.63, 3.8) is 0 Å². The van der Waals surface area contributed by atoms with Gasteiger partial charge in [0.15, 0.2) is 5.65 Å². The van der Waals surface area contributed by atoms with Crippen LogP contribution in [-0.4, -0.2) is 27.0 Å². The molecule has 0 aliphatic rings. The molecule has 0 saturated carbocycles. The van der Waals surface area contributed by atoms with Gasteiger partial charge in [-0.15, -0.1) is 0 Å². The molecule has 108 valence electrons. The minimum atomic E-state index is 0.405. The first-order chi connectivity index (χ1) is 10.3. The van der Waals surface area contributed by atoms with Crippen LogP contribution in [0.25, 0.3) is 11.2 Å². The largest absolute Gasteiger partial charge is 0.341 e. The molecule has 0 aliphatic carbocycles. The minimum Gasteiger partial charge on any atom is -0.341 e. The van der Waals surface area contributed by atoms with Crippen LogP contribution in [0.15, 0.2) is 46.8 Å². The maximum Gasteiger partial charge on any atom is 0.181 e. The molecule has 2 N–H and O–H groups in total. The van der Waals surface area contributed by atoms with Gasteiger partial charge in [0, 0.05) is 10.9 Å². The molecule has 5 nitrogen and oxygen atoms in total. The van der Waals surface area contributed by atoms with Crippen LogP contribution in [0.1, 0.15) is 24.9 Å². The molecule has 0 amide bonds. The number of rotatable bonds is 5. The second kappa shape index (κ2) is 6.24. The molecule has 0 fully saturated rings. The van der Waals surface area contributed by atoms with Crippen molar-refractivity contribution < 1.29 is 0 Å². The van der Waals surface area contributed by atoms with Crippen LogP contribution in [-0.2, 0) is 0 Å². The molecule has 21 heavy (non-hydrogen) atoms. The Morgan fingerprint density at radius 3 is 2.71 bits per heavy atom.